The first-order valence-corrected chi connectivity index (χ1v) is 4.09. The Bertz CT molecular complexity index is 312. The Balaban J connectivity index is 3.11. The highest BCUT2D eigenvalue weighted by atomic mass is 16.4. The van der Waals surface area contributed by atoms with Gasteiger partial charge in [0, 0.05) is 18.4 Å². The lowest BCUT2D eigenvalue weighted by Crippen LogP contribution is -2.14. The SMILES string of the molecule is CC[C@H](N)c1ccncc1C(=O)O. The van der Waals surface area contributed by atoms with Gasteiger partial charge in [0.15, 0.2) is 0 Å². The molecular formula is C9H12N2O2. The van der Waals surface area contributed by atoms with Crippen molar-refractivity contribution in [2.75, 3.05) is 0 Å². The van der Waals surface area contributed by atoms with Crippen LogP contribution in [0.5, 0.6) is 0 Å². The van der Waals surface area contributed by atoms with Crippen LogP contribution in [0.3, 0.4) is 0 Å². The molecule has 0 saturated carbocycles. The van der Waals surface area contributed by atoms with E-state index in [1.54, 1.807) is 12.3 Å². The molecule has 0 fully saturated rings. The Hall–Kier alpha value is -1.42. The standard InChI is InChI=1S/C9H12N2O2/c1-2-8(10)6-3-4-11-5-7(6)9(12)13/h3-5,8H,2,10H2,1H3,(H,12,13)/t8-/m0/s1. The first-order valence-electron chi connectivity index (χ1n) is 4.09. The Labute approximate surface area is 76.4 Å². The van der Waals surface area contributed by atoms with Gasteiger partial charge in [0.1, 0.15) is 0 Å². The smallest absolute Gasteiger partial charge is 0.337 e. The molecule has 13 heavy (non-hydrogen) atoms. The summed E-state index contributed by atoms with van der Waals surface area (Å²) >= 11 is 0. The highest BCUT2D eigenvalue weighted by Crippen LogP contribution is 2.17. The lowest BCUT2D eigenvalue weighted by atomic mass is 10.0. The lowest BCUT2D eigenvalue weighted by Gasteiger charge is -2.10. The zero-order valence-electron chi connectivity index (χ0n) is 7.40. The first-order chi connectivity index (χ1) is 6.16. The molecule has 4 heteroatoms. The third-order valence-electron chi connectivity index (χ3n) is 1.92. The Morgan fingerprint density at radius 2 is 2.46 bits per heavy atom. The summed E-state index contributed by atoms with van der Waals surface area (Å²) in [6.45, 7) is 1.91. The number of rotatable bonds is 3. The summed E-state index contributed by atoms with van der Waals surface area (Å²) in [6, 6.07) is 1.42. The predicted octanol–water partition coefficient (Wildman–Crippen LogP) is 1.19. The molecule has 1 aromatic rings. The minimum Gasteiger partial charge on any atom is -0.478 e. The molecule has 0 aliphatic rings. The van der Waals surface area contributed by atoms with Gasteiger partial charge in [0.05, 0.1) is 5.56 Å². The monoisotopic (exact) mass is 180 g/mol. The summed E-state index contributed by atoms with van der Waals surface area (Å²) < 4.78 is 0. The van der Waals surface area contributed by atoms with Crippen LogP contribution < -0.4 is 5.73 Å². The van der Waals surface area contributed by atoms with Gasteiger partial charge in [-0.3, -0.25) is 4.98 Å². The van der Waals surface area contributed by atoms with Crippen LogP contribution in [0.4, 0.5) is 0 Å². The van der Waals surface area contributed by atoms with Gasteiger partial charge in [-0.2, -0.15) is 0 Å². The number of hydrogen-bond donors (Lipinski definition) is 2. The van der Waals surface area contributed by atoms with E-state index >= 15 is 0 Å². The van der Waals surface area contributed by atoms with E-state index < -0.39 is 5.97 Å². The van der Waals surface area contributed by atoms with Crippen molar-refractivity contribution in [3.8, 4) is 0 Å². The molecule has 0 aliphatic heterocycles. The number of nitrogens with zero attached hydrogens (tertiary/aromatic N) is 1. The zero-order valence-corrected chi connectivity index (χ0v) is 7.40. The molecule has 0 radical (unpaired) electrons. The van der Waals surface area contributed by atoms with Gasteiger partial charge in [0.25, 0.3) is 0 Å². The fraction of sp³-hybridized carbons (Fsp3) is 0.333. The topological polar surface area (TPSA) is 76.2 Å². The van der Waals surface area contributed by atoms with Crippen molar-refractivity contribution < 1.29 is 9.90 Å². The van der Waals surface area contributed by atoms with E-state index in [2.05, 4.69) is 4.98 Å². The fourth-order valence-corrected chi connectivity index (χ4v) is 1.13. The van der Waals surface area contributed by atoms with Crippen molar-refractivity contribution in [1.29, 1.82) is 0 Å². The van der Waals surface area contributed by atoms with Gasteiger partial charge < -0.3 is 10.8 Å². The third-order valence-corrected chi connectivity index (χ3v) is 1.92. The van der Waals surface area contributed by atoms with Gasteiger partial charge >= 0.3 is 5.97 Å². The average Bonchev–Trinajstić information content (AvgIpc) is 2.16. The van der Waals surface area contributed by atoms with E-state index in [1.807, 2.05) is 6.92 Å². The van der Waals surface area contributed by atoms with Crippen molar-refractivity contribution in [1.82, 2.24) is 4.98 Å². The molecule has 0 spiro atoms. The molecule has 1 atom stereocenters. The summed E-state index contributed by atoms with van der Waals surface area (Å²) in [5, 5.41) is 8.81. The maximum atomic E-state index is 10.7. The van der Waals surface area contributed by atoms with E-state index in [9.17, 15) is 4.79 Å². The molecule has 1 heterocycles. The number of aromatic nitrogens is 1. The molecule has 0 aliphatic carbocycles. The van der Waals surface area contributed by atoms with Crippen LogP contribution >= 0.6 is 0 Å². The second kappa shape index (κ2) is 4.00. The van der Waals surface area contributed by atoms with E-state index in [-0.39, 0.29) is 11.6 Å². The van der Waals surface area contributed by atoms with Crippen LogP contribution in [0, 0.1) is 0 Å². The highest BCUT2D eigenvalue weighted by Gasteiger charge is 2.13. The molecule has 0 amide bonds. The number of carbonyl (C=O) groups is 1. The van der Waals surface area contributed by atoms with Gasteiger partial charge in [-0.1, -0.05) is 6.92 Å². The van der Waals surface area contributed by atoms with Gasteiger partial charge in [-0.25, -0.2) is 4.79 Å². The Morgan fingerprint density at radius 1 is 1.77 bits per heavy atom. The summed E-state index contributed by atoms with van der Waals surface area (Å²) in [7, 11) is 0. The van der Waals surface area contributed by atoms with Crippen molar-refractivity contribution >= 4 is 5.97 Å². The van der Waals surface area contributed by atoms with E-state index in [4.69, 9.17) is 10.8 Å². The largest absolute Gasteiger partial charge is 0.478 e. The normalized spacial score (nSPS) is 12.5. The van der Waals surface area contributed by atoms with Crippen molar-refractivity contribution in [2.24, 2.45) is 5.73 Å². The lowest BCUT2D eigenvalue weighted by molar-refractivity contribution is 0.0694. The second-order valence-corrected chi connectivity index (χ2v) is 2.78. The number of nitrogens with two attached hydrogens (primary N) is 1. The molecule has 1 rings (SSSR count). The average molecular weight is 180 g/mol. The number of carboxylic acid groups (broad SMARTS) is 1. The summed E-state index contributed by atoms with van der Waals surface area (Å²) in [5.41, 5.74) is 6.58. The summed E-state index contributed by atoms with van der Waals surface area (Å²) in [6.07, 6.45) is 3.59. The zero-order chi connectivity index (χ0) is 9.84. The number of hydrogen-bond acceptors (Lipinski definition) is 3. The van der Waals surface area contributed by atoms with Gasteiger partial charge in [0.2, 0.25) is 0 Å². The molecule has 0 bridgehead atoms. The summed E-state index contributed by atoms with van der Waals surface area (Å²) in [5.74, 6) is -0.980. The van der Waals surface area contributed by atoms with Crippen molar-refractivity contribution in [3.05, 3.63) is 29.6 Å². The van der Waals surface area contributed by atoms with Crippen LogP contribution in [0.15, 0.2) is 18.5 Å². The molecule has 4 nitrogen and oxygen atoms in total. The van der Waals surface area contributed by atoms with Gasteiger partial charge in [-0.15, -0.1) is 0 Å². The van der Waals surface area contributed by atoms with Gasteiger partial charge in [-0.05, 0) is 18.1 Å². The van der Waals surface area contributed by atoms with E-state index in [0.717, 1.165) is 0 Å². The molecule has 0 unspecified atom stereocenters. The maximum absolute atomic E-state index is 10.7. The number of pyridine rings is 1. The molecule has 1 aromatic heterocycles. The van der Waals surface area contributed by atoms with Crippen LogP contribution in [0.25, 0.3) is 0 Å². The highest BCUT2D eigenvalue weighted by molar-refractivity contribution is 5.89. The predicted molar refractivity (Wildman–Crippen MR) is 48.4 cm³/mol. The second-order valence-electron chi connectivity index (χ2n) is 2.78. The van der Waals surface area contributed by atoms with Crippen LogP contribution in [-0.2, 0) is 0 Å². The van der Waals surface area contributed by atoms with Crippen LogP contribution in [0.2, 0.25) is 0 Å². The molecular weight excluding hydrogens is 168 g/mol. The fourth-order valence-electron chi connectivity index (χ4n) is 1.13. The minimum atomic E-state index is -0.980. The Morgan fingerprint density at radius 3 is 3.00 bits per heavy atom. The maximum Gasteiger partial charge on any atom is 0.337 e. The first kappa shape index (κ1) is 9.67. The minimum absolute atomic E-state index is 0.192. The van der Waals surface area contributed by atoms with Crippen LogP contribution in [0.1, 0.15) is 35.3 Å². The van der Waals surface area contributed by atoms with E-state index in [1.165, 1.54) is 6.20 Å². The summed E-state index contributed by atoms with van der Waals surface area (Å²) in [4.78, 5) is 14.5. The number of carboxylic acids is 1. The van der Waals surface area contributed by atoms with Crippen molar-refractivity contribution in [3.63, 3.8) is 0 Å². The van der Waals surface area contributed by atoms with E-state index in [0.29, 0.717) is 12.0 Å². The quantitative estimate of drug-likeness (QED) is 0.732. The molecule has 0 saturated heterocycles. The molecule has 3 N–H and O–H groups in total. The molecule has 0 aromatic carbocycles. The molecule has 70 valence electrons. The number of aromatic carboxylic acids is 1. The van der Waals surface area contributed by atoms with Crippen molar-refractivity contribution in [2.45, 2.75) is 19.4 Å². The third kappa shape index (κ3) is 2.03. The Kier molecular flexibility index (Phi) is 2.97. The van der Waals surface area contributed by atoms with Crippen LogP contribution in [-0.4, -0.2) is 16.1 Å².